The summed E-state index contributed by atoms with van der Waals surface area (Å²) in [5, 5.41) is 8.05. The molecular formula is C17H20ClN3OS. The molecule has 1 N–H and O–H groups in total. The lowest BCUT2D eigenvalue weighted by atomic mass is 10.2. The van der Waals surface area contributed by atoms with Crippen molar-refractivity contribution in [1.82, 2.24) is 9.78 Å². The van der Waals surface area contributed by atoms with Crippen molar-refractivity contribution in [1.29, 1.82) is 0 Å². The van der Waals surface area contributed by atoms with E-state index in [0.717, 1.165) is 15.7 Å². The van der Waals surface area contributed by atoms with E-state index in [9.17, 15) is 4.79 Å². The van der Waals surface area contributed by atoms with Gasteiger partial charge in [-0.25, -0.2) is 4.68 Å². The van der Waals surface area contributed by atoms with Crippen LogP contribution in [0.2, 0.25) is 5.02 Å². The minimum Gasteiger partial charge on any atom is -0.311 e. The zero-order valence-electron chi connectivity index (χ0n) is 13.0. The molecule has 122 valence electrons. The summed E-state index contributed by atoms with van der Waals surface area (Å²) in [6.45, 7) is 2.16. The molecule has 1 aromatic carbocycles. The first kappa shape index (κ1) is 16.4. The van der Waals surface area contributed by atoms with Gasteiger partial charge in [0.15, 0.2) is 0 Å². The molecule has 1 heterocycles. The second-order valence-electron chi connectivity index (χ2n) is 5.82. The third-order valence-corrected chi connectivity index (χ3v) is 5.57. The van der Waals surface area contributed by atoms with Crippen LogP contribution >= 0.6 is 23.4 Å². The van der Waals surface area contributed by atoms with E-state index in [2.05, 4.69) is 17.3 Å². The minimum atomic E-state index is 0.00861. The molecule has 0 saturated heterocycles. The number of hydrogen-bond acceptors (Lipinski definition) is 3. The predicted molar refractivity (Wildman–Crippen MR) is 95.1 cm³/mol. The first-order valence-electron chi connectivity index (χ1n) is 7.86. The van der Waals surface area contributed by atoms with E-state index in [1.165, 1.54) is 12.8 Å². The van der Waals surface area contributed by atoms with Gasteiger partial charge in [0.25, 0.3) is 0 Å². The van der Waals surface area contributed by atoms with Crippen LogP contribution in [0.1, 0.15) is 32.2 Å². The van der Waals surface area contributed by atoms with Crippen LogP contribution in [0, 0.1) is 5.92 Å². The van der Waals surface area contributed by atoms with Crippen LogP contribution in [-0.4, -0.2) is 21.4 Å². The van der Waals surface area contributed by atoms with Gasteiger partial charge in [0, 0.05) is 23.1 Å². The highest BCUT2D eigenvalue weighted by molar-refractivity contribution is 7.99. The number of anilines is 1. The van der Waals surface area contributed by atoms with Gasteiger partial charge in [-0.15, -0.1) is 11.8 Å². The van der Waals surface area contributed by atoms with E-state index >= 15 is 0 Å². The van der Waals surface area contributed by atoms with Gasteiger partial charge in [-0.3, -0.25) is 4.79 Å². The average Bonchev–Trinajstić information content (AvgIpc) is 3.29. The number of aromatic nitrogens is 2. The number of halogens is 1. The summed E-state index contributed by atoms with van der Waals surface area (Å²) >= 11 is 7.71. The van der Waals surface area contributed by atoms with Gasteiger partial charge in [0.05, 0.1) is 17.3 Å². The fraction of sp³-hybridized carbons (Fsp3) is 0.412. The third-order valence-electron chi connectivity index (χ3n) is 4.05. The first-order chi connectivity index (χ1) is 11.1. The summed E-state index contributed by atoms with van der Waals surface area (Å²) in [6.07, 6.45) is 4.69. The van der Waals surface area contributed by atoms with E-state index in [0.29, 0.717) is 24.1 Å². The maximum Gasteiger partial charge on any atom is 0.226 e. The number of rotatable bonds is 7. The van der Waals surface area contributed by atoms with Crippen LogP contribution in [0.4, 0.5) is 5.82 Å². The molecule has 1 fully saturated rings. The normalized spacial score (nSPS) is 15.4. The molecule has 2 aromatic rings. The summed E-state index contributed by atoms with van der Waals surface area (Å²) in [5.41, 5.74) is 0. The number of hydrogen-bond donors (Lipinski definition) is 1. The van der Waals surface area contributed by atoms with Crippen molar-refractivity contribution in [2.24, 2.45) is 5.92 Å². The zero-order chi connectivity index (χ0) is 16.2. The summed E-state index contributed by atoms with van der Waals surface area (Å²) in [5.74, 6) is 2.19. The Bertz CT molecular complexity index is 684. The molecule has 1 aliphatic rings. The Kier molecular flexibility index (Phi) is 5.28. The number of thioether (sulfide) groups is 1. The molecule has 0 radical (unpaired) electrons. The zero-order valence-corrected chi connectivity index (χ0v) is 14.6. The molecule has 1 saturated carbocycles. The number of nitrogens with zero attached hydrogens (tertiary/aromatic N) is 2. The molecule has 4 nitrogen and oxygen atoms in total. The molecule has 0 bridgehead atoms. The molecule has 1 amide bonds. The predicted octanol–water partition coefficient (Wildman–Crippen LogP) is 4.63. The van der Waals surface area contributed by atoms with E-state index in [-0.39, 0.29) is 5.91 Å². The van der Waals surface area contributed by atoms with Crippen LogP contribution in [0.25, 0.3) is 0 Å². The van der Waals surface area contributed by atoms with Crippen molar-refractivity contribution in [2.75, 3.05) is 11.1 Å². The SMILES string of the molecule is CC(C1CC1)n1nccc1NC(=O)CCSc1ccccc1Cl. The molecule has 23 heavy (non-hydrogen) atoms. The van der Waals surface area contributed by atoms with Crippen LogP contribution < -0.4 is 5.32 Å². The van der Waals surface area contributed by atoms with Crippen LogP contribution in [0.15, 0.2) is 41.4 Å². The van der Waals surface area contributed by atoms with Crippen molar-refractivity contribution in [2.45, 2.75) is 37.1 Å². The van der Waals surface area contributed by atoms with Gasteiger partial charge in [-0.2, -0.15) is 5.10 Å². The van der Waals surface area contributed by atoms with Gasteiger partial charge in [0.1, 0.15) is 5.82 Å². The summed E-state index contributed by atoms with van der Waals surface area (Å²) in [6, 6.07) is 9.89. The maximum atomic E-state index is 12.1. The van der Waals surface area contributed by atoms with Gasteiger partial charge in [-0.1, -0.05) is 23.7 Å². The Morgan fingerprint density at radius 3 is 2.96 bits per heavy atom. The van der Waals surface area contributed by atoms with Gasteiger partial charge in [0.2, 0.25) is 5.91 Å². The Labute approximate surface area is 145 Å². The summed E-state index contributed by atoms with van der Waals surface area (Å²) in [4.78, 5) is 13.2. The molecule has 1 aromatic heterocycles. The first-order valence-corrected chi connectivity index (χ1v) is 9.22. The monoisotopic (exact) mass is 349 g/mol. The fourth-order valence-corrected chi connectivity index (χ4v) is 3.72. The van der Waals surface area contributed by atoms with Crippen molar-refractivity contribution in [3.05, 3.63) is 41.6 Å². The summed E-state index contributed by atoms with van der Waals surface area (Å²) in [7, 11) is 0. The van der Waals surface area contributed by atoms with Crippen molar-refractivity contribution < 1.29 is 4.79 Å². The summed E-state index contributed by atoms with van der Waals surface area (Å²) < 4.78 is 1.93. The minimum absolute atomic E-state index is 0.00861. The van der Waals surface area contributed by atoms with Crippen molar-refractivity contribution in [3.8, 4) is 0 Å². The lowest BCUT2D eigenvalue weighted by molar-refractivity contribution is -0.115. The number of nitrogens with one attached hydrogen (secondary N) is 1. The Morgan fingerprint density at radius 1 is 1.43 bits per heavy atom. The van der Waals surface area contributed by atoms with E-state index in [4.69, 9.17) is 11.6 Å². The molecule has 1 unspecified atom stereocenters. The van der Waals surface area contributed by atoms with Crippen molar-refractivity contribution in [3.63, 3.8) is 0 Å². The lowest BCUT2D eigenvalue weighted by Crippen LogP contribution is -2.18. The topological polar surface area (TPSA) is 46.9 Å². The number of benzene rings is 1. The standard InChI is InChI=1S/C17H20ClN3OS/c1-12(13-6-7-13)21-16(8-10-19-21)20-17(22)9-11-23-15-5-3-2-4-14(15)18/h2-5,8,10,12-13H,6-7,9,11H2,1H3,(H,20,22). The second kappa shape index (κ2) is 7.41. The maximum absolute atomic E-state index is 12.1. The van der Waals surface area contributed by atoms with Gasteiger partial charge in [-0.05, 0) is 37.8 Å². The van der Waals surface area contributed by atoms with Gasteiger partial charge < -0.3 is 5.32 Å². The Morgan fingerprint density at radius 2 is 2.22 bits per heavy atom. The van der Waals surface area contributed by atoms with Crippen molar-refractivity contribution >= 4 is 35.1 Å². The molecule has 3 rings (SSSR count). The molecule has 0 spiro atoms. The van der Waals surface area contributed by atoms with E-state index in [1.54, 1.807) is 18.0 Å². The molecule has 0 aliphatic heterocycles. The lowest BCUT2D eigenvalue weighted by Gasteiger charge is -2.15. The third kappa shape index (κ3) is 4.30. The Balaban J connectivity index is 1.50. The molecular weight excluding hydrogens is 330 g/mol. The van der Waals surface area contributed by atoms with E-state index < -0.39 is 0 Å². The number of carbonyl (C=O) groups excluding carboxylic acids is 1. The number of carbonyl (C=O) groups is 1. The quantitative estimate of drug-likeness (QED) is 0.741. The van der Waals surface area contributed by atoms with Crippen LogP contribution in [0.5, 0.6) is 0 Å². The molecule has 1 atom stereocenters. The molecule has 6 heteroatoms. The highest BCUT2D eigenvalue weighted by Crippen LogP contribution is 2.40. The average molecular weight is 350 g/mol. The number of amides is 1. The smallest absolute Gasteiger partial charge is 0.226 e. The highest BCUT2D eigenvalue weighted by Gasteiger charge is 2.30. The molecule has 1 aliphatic carbocycles. The highest BCUT2D eigenvalue weighted by atomic mass is 35.5. The largest absolute Gasteiger partial charge is 0.311 e. The van der Waals surface area contributed by atoms with Crippen LogP contribution in [-0.2, 0) is 4.79 Å². The Hall–Kier alpha value is -1.46. The fourth-order valence-electron chi connectivity index (χ4n) is 2.54. The second-order valence-corrected chi connectivity index (χ2v) is 7.36. The van der Waals surface area contributed by atoms with Gasteiger partial charge >= 0.3 is 0 Å². The van der Waals surface area contributed by atoms with E-state index in [1.807, 2.05) is 35.0 Å². The van der Waals surface area contributed by atoms with Crippen LogP contribution in [0.3, 0.4) is 0 Å².